The molecule has 1 saturated heterocycles. The molecule has 1 aromatic heterocycles. The number of hydrogen-bond donors (Lipinski definition) is 1. The maximum Gasteiger partial charge on any atom is 0.130 e. The van der Waals surface area contributed by atoms with E-state index in [9.17, 15) is 5.11 Å². The normalized spacial score (nSPS) is 18.9. The van der Waals surface area contributed by atoms with E-state index in [4.69, 9.17) is 9.47 Å². The van der Waals surface area contributed by atoms with Gasteiger partial charge in [0.15, 0.2) is 0 Å². The summed E-state index contributed by atoms with van der Waals surface area (Å²) in [4.78, 5) is 6.66. The summed E-state index contributed by atoms with van der Waals surface area (Å²) in [6, 6.07) is 11.7. The number of aromatic nitrogens is 1. The SMILES string of the molecule is COc1ccc(OCc2ccccn2)c(CN2CCC(C(C)O)C2)c1. The van der Waals surface area contributed by atoms with Crippen molar-refractivity contribution < 1.29 is 14.6 Å². The van der Waals surface area contributed by atoms with E-state index in [0.717, 1.165) is 48.8 Å². The van der Waals surface area contributed by atoms with Gasteiger partial charge in [0.25, 0.3) is 0 Å². The predicted octanol–water partition coefficient (Wildman–Crippen LogP) is 2.87. The highest BCUT2D eigenvalue weighted by molar-refractivity contribution is 5.40. The van der Waals surface area contributed by atoms with E-state index in [1.165, 1.54) is 0 Å². The van der Waals surface area contributed by atoms with E-state index in [1.54, 1.807) is 13.3 Å². The van der Waals surface area contributed by atoms with E-state index in [-0.39, 0.29) is 6.10 Å². The van der Waals surface area contributed by atoms with Gasteiger partial charge >= 0.3 is 0 Å². The predicted molar refractivity (Wildman–Crippen MR) is 96.6 cm³/mol. The largest absolute Gasteiger partial charge is 0.497 e. The molecular weight excluding hydrogens is 316 g/mol. The first kappa shape index (κ1) is 17.7. The van der Waals surface area contributed by atoms with Gasteiger partial charge in [0, 0.05) is 24.8 Å². The average Bonchev–Trinajstić information content (AvgIpc) is 3.10. The van der Waals surface area contributed by atoms with Crippen molar-refractivity contribution in [2.75, 3.05) is 20.2 Å². The Balaban J connectivity index is 1.70. The van der Waals surface area contributed by atoms with Crippen LogP contribution in [0.5, 0.6) is 11.5 Å². The van der Waals surface area contributed by atoms with Crippen molar-refractivity contribution in [1.29, 1.82) is 0 Å². The van der Waals surface area contributed by atoms with Gasteiger partial charge in [0.2, 0.25) is 0 Å². The fraction of sp³-hybridized carbons (Fsp3) is 0.450. The highest BCUT2D eigenvalue weighted by Gasteiger charge is 2.26. The van der Waals surface area contributed by atoms with Gasteiger partial charge in [-0.1, -0.05) is 6.07 Å². The van der Waals surface area contributed by atoms with Gasteiger partial charge in [0.05, 0.1) is 18.9 Å². The molecule has 134 valence electrons. The van der Waals surface area contributed by atoms with E-state index in [0.29, 0.717) is 12.5 Å². The quantitative estimate of drug-likeness (QED) is 0.838. The Morgan fingerprint density at radius 1 is 1.32 bits per heavy atom. The highest BCUT2D eigenvalue weighted by Crippen LogP contribution is 2.29. The standard InChI is InChI=1S/C20H26N2O3/c1-15(23)16-8-10-22(12-16)13-17-11-19(24-2)6-7-20(17)25-14-18-5-3-4-9-21-18/h3-7,9,11,15-16,23H,8,10,12-14H2,1-2H3. The van der Waals surface area contributed by atoms with Gasteiger partial charge in [-0.2, -0.15) is 0 Å². The molecule has 0 saturated carbocycles. The van der Waals surface area contributed by atoms with Crippen molar-refractivity contribution in [3.63, 3.8) is 0 Å². The van der Waals surface area contributed by atoms with Crippen LogP contribution in [0.15, 0.2) is 42.6 Å². The first-order chi connectivity index (χ1) is 12.2. The van der Waals surface area contributed by atoms with E-state index in [2.05, 4.69) is 9.88 Å². The minimum atomic E-state index is -0.254. The molecule has 1 aliphatic heterocycles. The Hall–Kier alpha value is -2.11. The van der Waals surface area contributed by atoms with Crippen LogP contribution in [0.1, 0.15) is 24.6 Å². The Kier molecular flexibility index (Phi) is 5.89. The molecule has 1 aromatic carbocycles. The lowest BCUT2D eigenvalue weighted by molar-refractivity contribution is 0.127. The fourth-order valence-electron chi connectivity index (χ4n) is 3.22. The molecule has 2 atom stereocenters. The Morgan fingerprint density at radius 3 is 2.88 bits per heavy atom. The number of nitrogens with zero attached hydrogens (tertiary/aromatic N) is 2. The van der Waals surface area contributed by atoms with E-state index < -0.39 is 0 Å². The number of rotatable bonds is 7. The third-order valence-electron chi connectivity index (χ3n) is 4.75. The number of benzene rings is 1. The summed E-state index contributed by atoms with van der Waals surface area (Å²) in [7, 11) is 1.67. The molecule has 5 heteroatoms. The molecule has 0 spiro atoms. The second kappa shape index (κ2) is 8.32. The summed E-state index contributed by atoms with van der Waals surface area (Å²) in [5.41, 5.74) is 2.00. The molecule has 0 radical (unpaired) electrons. The average molecular weight is 342 g/mol. The van der Waals surface area contributed by atoms with E-state index in [1.807, 2.05) is 43.3 Å². The van der Waals surface area contributed by atoms with Gasteiger partial charge in [-0.05, 0) is 56.1 Å². The second-order valence-corrected chi connectivity index (χ2v) is 6.61. The van der Waals surface area contributed by atoms with E-state index >= 15 is 0 Å². The molecule has 2 unspecified atom stereocenters. The molecule has 0 amide bonds. The zero-order valence-corrected chi connectivity index (χ0v) is 14.9. The molecule has 1 aliphatic rings. The van der Waals surface area contributed by atoms with Crippen molar-refractivity contribution >= 4 is 0 Å². The second-order valence-electron chi connectivity index (χ2n) is 6.61. The molecule has 5 nitrogen and oxygen atoms in total. The molecule has 2 aromatic rings. The number of aliphatic hydroxyl groups is 1. The highest BCUT2D eigenvalue weighted by atomic mass is 16.5. The lowest BCUT2D eigenvalue weighted by atomic mass is 10.0. The van der Waals surface area contributed by atoms with Crippen LogP contribution < -0.4 is 9.47 Å². The van der Waals surface area contributed by atoms with Crippen molar-refractivity contribution in [3.8, 4) is 11.5 Å². The van der Waals surface area contributed by atoms with Crippen molar-refractivity contribution in [3.05, 3.63) is 53.9 Å². The Labute approximate surface area is 149 Å². The van der Waals surface area contributed by atoms with Crippen LogP contribution in [0.2, 0.25) is 0 Å². The maximum atomic E-state index is 9.80. The van der Waals surface area contributed by atoms with Crippen LogP contribution in [0.3, 0.4) is 0 Å². The van der Waals surface area contributed by atoms with Crippen molar-refractivity contribution in [2.24, 2.45) is 5.92 Å². The number of methoxy groups -OCH3 is 1. The zero-order chi connectivity index (χ0) is 17.6. The minimum absolute atomic E-state index is 0.254. The number of aliphatic hydroxyl groups excluding tert-OH is 1. The molecule has 1 fully saturated rings. The van der Waals surface area contributed by atoms with Gasteiger partial charge in [-0.15, -0.1) is 0 Å². The molecule has 25 heavy (non-hydrogen) atoms. The summed E-state index contributed by atoms with van der Waals surface area (Å²) in [5, 5.41) is 9.80. The Bertz CT molecular complexity index is 676. The fourth-order valence-corrected chi connectivity index (χ4v) is 3.22. The zero-order valence-electron chi connectivity index (χ0n) is 14.9. The molecule has 3 rings (SSSR count). The third-order valence-corrected chi connectivity index (χ3v) is 4.75. The first-order valence-electron chi connectivity index (χ1n) is 8.75. The van der Waals surface area contributed by atoms with Gasteiger partial charge < -0.3 is 14.6 Å². The minimum Gasteiger partial charge on any atom is -0.497 e. The van der Waals surface area contributed by atoms with Crippen LogP contribution in [0.4, 0.5) is 0 Å². The summed E-state index contributed by atoms with van der Waals surface area (Å²) < 4.78 is 11.4. The van der Waals surface area contributed by atoms with Crippen molar-refractivity contribution in [2.45, 2.75) is 32.6 Å². The first-order valence-corrected chi connectivity index (χ1v) is 8.75. The summed E-state index contributed by atoms with van der Waals surface area (Å²) in [6.07, 6.45) is 2.55. The van der Waals surface area contributed by atoms with Crippen LogP contribution in [0.25, 0.3) is 0 Å². The Morgan fingerprint density at radius 2 is 2.20 bits per heavy atom. The van der Waals surface area contributed by atoms with Crippen LogP contribution in [-0.2, 0) is 13.2 Å². The summed E-state index contributed by atoms with van der Waals surface area (Å²) >= 11 is 0. The number of pyridine rings is 1. The molecule has 2 heterocycles. The summed E-state index contributed by atoms with van der Waals surface area (Å²) in [6.45, 7) is 5.01. The monoisotopic (exact) mass is 342 g/mol. The van der Waals surface area contributed by atoms with Crippen molar-refractivity contribution in [1.82, 2.24) is 9.88 Å². The van der Waals surface area contributed by atoms with Gasteiger partial charge in [0.1, 0.15) is 18.1 Å². The number of likely N-dealkylation sites (tertiary alicyclic amines) is 1. The lowest BCUT2D eigenvalue weighted by Gasteiger charge is -2.20. The molecule has 1 N–H and O–H groups in total. The number of ether oxygens (including phenoxy) is 2. The van der Waals surface area contributed by atoms with Crippen LogP contribution >= 0.6 is 0 Å². The smallest absolute Gasteiger partial charge is 0.130 e. The van der Waals surface area contributed by atoms with Gasteiger partial charge in [-0.3, -0.25) is 9.88 Å². The van der Waals surface area contributed by atoms with Crippen LogP contribution in [0, 0.1) is 5.92 Å². The van der Waals surface area contributed by atoms with Crippen LogP contribution in [-0.4, -0.2) is 41.3 Å². The lowest BCUT2D eigenvalue weighted by Crippen LogP contribution is -2.24. The third kappa shape index (κ3) is 4.71. The topological polar surface area (TPSA) is 54.8 Å². The molecule has 0 aliphatic carbocycles. The molecular formula is C20H26N2O3. The maximum absolute atomic E-state index is 9.80. The number of hydrogen-bond acceptors (Lipinski definition) is 5. The molecule has 0 bridgehead atoms. The van der Waals surface area contributed by atoms with Gasteiger partial charge in [-0.25, -0.2) is 0 Å². The summed E-state index contributed by atoms with van der Waals surface area (Å²) in [5.74, 6) is 2.03.